The van der Waals surface area contributed by atoms with Crippen LogP contribution in [0.3, 0.4) is 0 Å². The monoisotopic (exact) mass is 216 g/mol. The van der Waals surface area contributed by atoms with Crippen LogP contribution in [0, 0.1) is 0 Å². The molecule has 0 fully saturated rings. The molecular formula is C9H12OSe. The summed E-state index contributed by atoms with van der Waals surface area (Å²) in [6.07, 6.45) is 0. The summed E-state index contributed by atoms with van der Waals surface area (Å²) in [5.74, 6) is 0. The van der Waals surface area contributed by atoms with Crippen LogP contribution in [0.4, 0.5) is 0 Å². The second kappa shape index (κ2) is 4.55. The Labute approximate surface area is 73.9 Å². The summed E-state index contributed by atoms with van der Waals surface area (Å²) in [5, 5.41) is 0.380. The van der Waals surface area contributed by atoms with Crippen LogP contribution in [0.25, 0.3) is 0 Å². The minimum absolute atomic E-state index is 0.380. The zero-order valence-electron chi connectivity index (χ0n) is 6.78. The number of benzene rings is 1. The summed E-state index contributed by atoms with van der Waals surface area (Å²) in [5.41, 5.74) is 0. The zero-order valence-corrected chi connectivity index (χ0v) is 8.49. The quantitative estimate of drug-likeness (QED) is 0.684. The molecule has 60 valence electrons. The molecule has 0 saturated heterocycles. The van der Waals surface area contributed by atoms with Crippen molar-refractivity contribution in [1.29, 1.82) is 0 Å². The Hall–Kier alpha value is -0.301. The zero-order chi connectivity index (χ0) is 8.10. The number of ether oxygens (including phenoxy) is 1. The van der Waals surface area contributed by atoms with Crippen LogP contribution in [-0.4, -0.2) is 27.1 Å². The predicted molar refractivity (Wildman–Crippen MR) is 48.3 cm³/mol. The molecule has 1 aromatic carbocycles. The van der Waals surface area contributed by atoms with Gasteiger partial charge in [0.25, 0.3) is 0 Å². The molecule has 11 heavy (non-hydrogen) atoms. The molecule has 1 unspecified atom stereocenters. The Kier molecular flexibility index (Phi) is 3.64. The number of hydrogen-bond acceptors (Lipinski definition) is 1. The van der Waals surface area contributed by atoms with Crippen molar-refractivity contribution in [1.82, 2.24) is 0 Å². The first-order valence-corrected chi connectivity index (χ1v) is 5.42. The molecule has 0 radical (unpaired) electrons. The number of hydrogen-bond donors (Lipinski definition) is 0. The molecule has 1 nitrogen and oxygen atoms in total. The fraction of sp³-hybridized carbons (Fsp3) is 0.333. The summed E-state index contributed by atoms with van der Waals surface area (Å²) in [4.78, 5) is 0. The summed E-state index contributed by atoms with van der Waals surface area (Å²) in [6.45, 7) is 2.10. The average molecular weight is 215 g/mol. The molecular weight excluding hydrogens is 203 g/mol. The SMILES string of the molecule is COC(C)[Se]c1ccccc1. The Morgan fingerprint density at radius 3 is 2.45 bits per heavy atom. The Balaban J connectivity index is 2.51. The van der Waals surface area contributed by atoms with Gasteiger partial charge >= 0.3 is 73.5 Å². The molecule has 0 N–H and O–H groups in total. The molecule has 0 heterocycles. The van der Waals surface area contributed by atoms with Crippen molar-refractivity contribution < 1.29 is 4.74 Å². The van der Waals surface area contributed by atoms with E-state index in [2.05, 4.69) is 31.2 Å². The molecule has 0 aliphatic heterocycles. The van der Waals surface area contributed by atoms with Crippen LogP contribution in [0.1, 0.15) is 6.92 Å². The van der Waals surface area contributed by atoms with Gasteiger partial charge in [-0.2, -0.15) is 0 Å². The summed E-state index contributed by atoms with van der Waals surface area (Å²) >= 11 is 0.454. The summed E-state index contributed by atoms with van der Waals surface area (Å²) < 4.78 is 6.58. The van der Waals surface area contributed by atoms with E-state index in [1.807, 2.05) is 6.07 Å². The van der Waals surface area contributed by atoms with E-state index >= 15 is 0 Å². The fourth-order valence-corrected chi connectivity index (χ4v) is 2.40. The first-order chi connectivity index (χ1) is 5.33. The van der Waals surface area contributed by atoms with Crippen LogP contribution in [0.15, 0.2) is 30.3 Å². The average Bonchev–Trinajstić information content (AvgIpc) is 2.06. The maximum absolute atomic E-state index is 5.18. The summed E-state index contributed by atoms with van der Waals surface area (Å²) in [7, 11) is 1.76. The Morgan fingerprint density at radius 2 is 1.91 bits per heavy atom. The van der Waals surface area contributed by atoms with Gasteiger partial charge in [0.1, 0.15) is 0 Å². The van der Waals surface area contributed by atoms with Crippen LogP contribution in [0.2, 0.25) is 0 Å². The van der Waals surface area contributed by atoms with E-state index in [1.54, 1.807) is 7.11 Å². The van der Waals surface area contributed by atoms with Crippen molar-refractivity contribution in [2.24, 2.45) is 0 Å². The van der Waals surface area contributed by atoms with E-state index in [0.29, 0.717) is 20.0 Å². The van der Waals surface area contributed by atoms with Crippen LogP contribution >= 0.6 is 0 Å². The van der Waals surface area contributed by atoms with E-state index in [-0.39, 0.29) is 0 Å². The standard InChI is InChI=1S/C9H12OSe/c1-8(10-2)11-9-6-4-3-5-7-9/h3-8H,1-2H3. The van der Waals surface area contributed by atoms with Gasteiger partial charge in [-0.05, 0) is 0 Å². The topological polar surface area (TPSA) is 9.23 Å². The van der Waals surface area contributed by atoms with Gasteiger partial charge in [-0.1, -0.05) is 0 Å². The van der Waals surface area contributed by atoms with Crippen molar-refractivity contribution in [3.8, 4) is 0 Å². The molecule has 0 saturated carbocycles. The third-order valence-corrected chi connectivity index (χ3v) is 3.62. The van der Waals surface area contributed by atoms with Gasteiger partial charge < -0.3 is 0 Å². The van der Waals surface area contributed by atoms with Gasteiger partial charge in [0.2, 0.25) is 0 Å². The number of methoxy groups -OCH3 is 1. The molecule has 1 rings (SSSR count). The van der Waals surface area contributed by atoms with Crippen molar-refractivity contribution in [2.75, 3.05) is 7.11 Å². The van der Waals surface area contributed by atoms with Crippen LogP contribution in [0.5, 0.6) is 0 Å². The predicted octanol–water partition coefficient (Wildman–Crippen LogP) is 1.01. The van der Waals surface area contributed by atoms with Crippen molar-refractivity contribution >= 4 is 19.4 Å². The second-order valence-electron chi connectivity index (χ2n) is 2.23. The van der Waals surface area contributed by atoms with Gasteiger partial charge in [0.05, 0.1) is 0 Å². The second-order valence-corrected chi connectivity index (χ2v) is 5.11. The van der Waals surface area contributed by atoms with E-state index < -0.39 is 0 Å². The van der Waals surface area contributed by atoms with Gasteiger partial charge in [0, 0.05) is 0 Å². The van der Waals surface area contributed by atoms with Crippen molar-refractivity contribution in [3.63, 3.8) is 0 Å². The molecule has 2 heteroatoms. The Bertz CT molecular complexity index is 198. The van der Waals surface area contributed by atoms with E-state index in [0.717, 1.165) is 0 Å². The fourth-order valence-electron chi connectivity index (χ4n) is 0.739. The Morgan fingerprint density at radius 1 is 1.27 bits per heavy atom. The van der Waals surface area contributed by atoms with E-state index in [4.69, 9.17) is 4.74 Å². The molecule has 1 atom stereocenters. The molecule has 0 spiro atoms. The van der Waals surface area contributed by atoms with E-state index in [1.165, 1.54) is 4.46 Å². The molecule has 0 aromatic heterocycles. The molecule has 0 amide bonds. The normalized spacial score (nSPS) is 12.9. The maximum atomic E-state index is 5.18. The molecule has 0 aliphatic rings. The minimum atomic E-state index is 0.380. The van der Waals surface area contributed by atoms with Gasteiger partial charge in [-0.3, -0.25) is 0 Å². The van der Waals surface area contributed by atoms with Gasteiger partial charge in [-0.15, -0.1) is 0 Å². The molecule has 0 bridgehead atoms. The summed E-state index contributed by atoms with van der Waals surface area (Å²) in [6, 6.07) is 10.5. The van der Waals surface area contributed by atoms with Gasteiger partial charge in [-0.25, -0.2) is 0 Å². The number of rotatable bonds is 3. The van der Waals surface area contributed by atoms with Gasteiger partial charge in [0.15, 0.2) is 0 Å². The third kappa shape index (κ3) is 3.06. The molecule has 0 aliphatic carbocycles. The van der Waals surface area contributed by atoms with Crippen LogP contribution < -0.4 is 4.46 Å². The van der Waals surface area contributed by atoms with Crippen molar-refractivity contribution in [3.05, 3.63) is 30.3 Å². The first-order valence-electron chi connectivity index (χ1n) is 3.57. The van der Waals surface area contributed by atoms with E-state index in [9.17, 15) is 0 Å². The molecule has 1 aromatic rings. The van der Waals surface area contributed by atoms with Crippen LogP contribution in [-0.2, 0) is 4.74 Å². The third-order valence-electron chi connectivity index (χ3n) is 1.38. The first kappa shape index (κ1) is 8.79. The van der Waals surface area contributed by atoms with Crippen molar-refractivity contribution in [2.45, 2.75) is 11.9 Å².